The average molecular weight is 201 g/mol. The SMILES string of the molecule is CCc1scc(OC(=O)OC)c1N. The normalized spacial score (nSPS) is 9.69. The molecular weight excluding hydrogens is 190 g/mol. The Bertz CT molecular complexity index is 308. The molecule has 1 heterocycles. The second kappa shape index (κ2) is 4.13. The van der Waals surface area contributed by atoms with Crippen molar-refractivity contribution >= 4 is 23.2 Å². The first kappa shape index (κ1) is 9.85. The van der Waals surface area contributed by atoms with Crippen LogP contribution in [0.5, 0.6) is 5.75 Å². The van der Waals surface area contributed by atoms with E-state index in [4.69, 9.17) is 10.5 Å². The molecule has 1 aromatic rings. The molecular formula is C8H11NO3S. The summed E-state index contributed by atoms with van der Waals surface area (Å²) in [4.78, 5) is 11.7. The predicted octanol–water partition coefficient (Wildman–Crippen LogP) is 2.04. The molecule has 4 nitrogen and oxygen atoms in total. The summed E-state index contributed by atoms with van der Waals surface area (Å²) in [7, 11) is 1.26. The number of hydrogen-bond donors (Lipinski definition) is 1. The Labute approximate surface area is 80.3 Å². The number of thiophene rings is 1. The Morgan fingerprint density at radius 2 is 2.38 bits per heavy atom. The molecule has 0 aliphatic heterocycles. The lowest BCUT2D eigenvalue weighted by Gasteiger charge is -2.01. The second-order valence-electron chi connectivity index (χ2n) is 2.35. The Morgan fingerprint density at radius 1 is 1.69 bits per heavy atom. The van der Waals surface area contributed by atoms with Crippen molar-refractivity contribution in [3.05, 3.63) is 10.3 Å². The molecule has 0 aliphatic carbocycles. The summed E-state index contributed by atoms with van der Waals surface area (Å²) in [6.45, 7) is 1.99. The van der Waals surface area contributed by atoms with E-state index in [1.165, 1.54) is 18.4 Å². The molecule has 72 valence electrons. The van der Waals surface area contributed by atoms with Crippen LogP contribution in [0.3, 0.4) is 0 Å². The maximum absolute atomic E-state index is 10.7. The first-order valence-corrected chi connectivity index (χ1v) is 4.68. The highest BCUT2D eigenvalue weighted by Crippen LogP contribution is 2.32. The van der Waals surface area contributed by atoms with Crippen LogP contribution in [0.15, 0.2) is 5.38 Å². The fourth-order valence-electron chi connectivity index (χ4n) is 0.873. The monoisotopic (exact) mass is 201 g/mol. The van der Waals surface area contributed by atoms with Crippen LogP contribution in [-0.2, 0) is 11.2 Å². The number of aryl methyl sites for hydroxylation is 1. The fraction of sp³-hybridized carbons (Fsp3) is 0.375. The van der Waals surface area contributed by atoms with E-state index in [0.29, 0.717) is 11.4 Å². The summed E-state index contributed by atoms with van der Waals surface area (Å²) in [5.74, 6) is 0.383. The fourth-order valence-corrected chi connectivity index (χ4v) is 1.69. The van der Waals surface area contributed by atoms with Crippen LogP contribution in [-0.4, -0.2) is 13.3 Å². The van der Waals surface area contributed by atoms with Crippen molar-refractivity contribution < 1.29 is 14.3 Å². The van der Waals surface area contributed by atoms with Gasteiger partial charge < -0.3 is 15.2 Å². The minimum Gasteiger partial charge on any atom is -0.437 e. The van der Waals surface area contributed by atoms with Gasteiger partial charge in [-0.25, -0.2) is 4.79 Å². The molecule has 0 radical (unpaired) electrons. The topological polar surface area (TPSA) is 61.5 Å². The van der Waals surface area contributed by atoms with Crippen molar-refractivity contribution in [2.24, 2.45) is 0 Å². The van der Waals surface area contributed by atoms with Crippen molar-refractivity contribution in [3.63, 3.8) is 0 Å². The highest BCUT2D eigenvalue weighted by molar-refractivity contribution is 7.10. The van der Waals surface area contributed by atoms with Crippen LogP contribution in [0.1, 0.15) is 11.8 Å². The van der Waals surface area contributed by atoms with Gasteiger partial charge in [-0.15, -0.1) is 11.3 Å². The number of ether oxygens (including phenoxy) is 2. The predicted molar refractivity (Wildman–Crippen MR) is 51.1 cm³/mol. The van der Waals surface area contributed by atoms with E-state index in [1.807, 2.05) is 6.92 Å². The van der Waals surface area contributed by atoms with Gasteiger partial charge in [0.2, 0.25) is 0 Å². The van der Waals surface area contributed by atoms with Gasteiger partial charge in [-0.3, -0.25) is 0 Å². The number of anilines is 1. The zero-order valence-corrected chi connectivity index (χ0v) is 8.31. The molecule has 0 aliphatic rings. The Hall–Kier alpha value is -1.23. The zero-order valence-electron chi connectivity index (χ0n) is 7.49. The second-order valence-corrected chi connectivity index (χ2v) is 3.31. The van der Waals surface area contributed by atoms with Crippen LogP contribution in [0.2, 0.25) is 0 Å². The standard InChI is InChI=1S/C8H11NO3S/c1-3-6-7(9)5(4-13-6)12-8(10)11-2/h4H,3,9H2,1-2H3. The average Bonchev–Trinajstić information content (AvgIpc) is 2.48. The smallest absolute Gasteiger partial charge is 0.437 e. The minimum atomic E-state index is -0.743. The summed E-state index contributed by atoms with van der Waals surface area (Å²) in [6, 6.07) is 0. The number of carbonyl (C=O) groups is 1. The highest BCUT2D eigenvalue weighted by Gasteiger charge is 2.11. The highest BCUT2D eigenvalue weighted by atomic mass is 32.1. The van der Waals surface area contributed by atoms with Gasteiger partial charge in [-0.1, -0.05) is 6.92 Å². The number of rotatable bonds is 2. The molecule has 0 saturated carbocycles. The molecule has 0 spiro atoms. The van der Waals surface area contributed by atoms with Gasteiger partial charge in [0.15, 0.2) is 5.75 Å². The van der Waals surface area contributed by atoms with Gasteiger partial charge >= 0.3 is 6.16 Å². The summed E-state index contributed by atoms with van der Waals surface area (Å²) in [6.07, 6.45) is 0.0910. The molecule has 13 heavy (non-hydrogen) atoms. The van der Waals surface area contributed by atoms with E-state index < -0.39 is 6.16 Å². The summed E-state index contributed by atoms with van der Waals surface area (Å²) < 4.78 is 9.14. The number of nitrogen functional groups attached to an aromatic ring is 1. The zero-order chi connectivity index (χ0) is 9.84. The third kappa shape index (κ3) is 2.12. The van der Waals surface area contributed by atoms with Gasteiger partial charge in [0.25, 0.3) is 0 Å². The van der Waals surface area contributed by atoms with Gasteiger partial charge in [-0.05, 0) is 6.42 Å². The molecule has 0 saturated heterocycles. The first-order valence-electron chi connectivity index (χ1n) is 3.80. The van der Waals surface area contributed by atoms with E-state index in [9.17, 15) is 4.79 Å². The first-order chi connectivity index (χ1) is 6.19. The molecule has 5 heteroatoms. The quantitative estimate of drug-likeness (QED) is 0.744. The van der Waals surface area contributed by atoms with E-state index in [2.05, 4.69) is 4.74 Å². The largest absolute Gasteiger partial charge is 0.513 e. The summed E-state index contributed by atoms with van der Waals surface area (Å²) in [5.41, 5.74) is 6.22. The molecule has 1 aromatic heterocycles. The van der Waals surface area contributed by atoms with Gasteiger partial charge in [0, 0.05) is 10.3 Å². The molecule has 0 unspecified atom stereocenters. The van der Waals surface area contributed by atoms with Crippen LogP contribution in [0, 0.1) is 0 Å². The maximum Gasteiger partial charge on any atom is 0.513 e. The van der Waals surface area contributed by atoms with E-state index in [-0.39, 0.29) is 0 Å². The lowest BCUT2D eigenvalue weighted by Crippen LogP contribution is -2.07. The molecule has 0 atom stereocenters. The van der Waals surface area contributed by atoms with Crippen molar-refractivity contribution in [2.45, 2.75) is 13.3 Å². The summed E-state index contributed by atoms with van der Waals surface area (Å²) in [5, 5.41) is 1.70. The molecule has 0 amide bonds. The van der Waals surface area contributed by atoms with Gasteiger partial charge in [-0.2, -0.15) is 0 Å². The Kier molecular flexibility index (Phi) is 3.13. The van der Waals surface area contributed by atoms with E-state index >= 15 is 0 Å². The minimum absolute atomic E-state index is 0.383. The van der Waals surface area contributed by atoms with Crippen molar-refractivity contribution in [1.29, 1.82) is 0 Å². The number of hydrogen-bond acceptors (Lipinski definition) is 5. The van der Waals surface area contributed by atoms with Gasteiger partial charge in [0.1, 0.15) is 0 Å². The number of carbonyl (C=O) groups excluding carboxylic acids is 1. The number of methoxy groups -OCH3 is 1. The lowest BCUT2D eigenvalue weighted by molar-refractivity contribution is 0.122. The van der Waals surface area contributed by atoms with Crippen LogP contribution < -0.4 is 10.5 Å². The molecule has 0 aromatic carbocycles. The van der Waals surface area contributed by atoms with Crippen molar-refractivity contribution in [1.82, 2.24) is 0 Å². The third-order valence-corrected chi connectivity index (χ3v) is 2.68. The van der Waals surface area contributed by atoms with Crippen molar-refractivity contribution in [2.75, 3.05) is 12.8 Å². The molecule has 0 fully saturated rings. The third-order valence-electron chi connectivity index (χ3n) is 1.56. The Balaban J connectivity index is 2.78. The van der Waals surface area contributed by atoms with Crippen molar-refractivity contribution in [3.8, 4) is 5.75 Å². The summed E-state index contributed by atoms with van der Waals surface area (Å²) >= 11 is 1.47. The maximum atomic E-state index is 10.7. The van der Waals surface area contributed by atoms with Crippen LogP contribution >= 0.6 is 11.3 Å². The lowest BCUT2D eigenvalue weighted by atomic mass is 10.3. The van der Waals surface area contributed by atoms with E-state index in [1.54, 1.807) is 5.38 Å². The van der Waals surface area contributed by atoms with E-state index in [0.717, 1.165) is 11.3 Å². The molecule has 2 N–H and O–H groups in total. The Morgan fingerprint density at radius 3 is 2.85 bits per heavy atom. The van der Waals surface area contributed by atoms with Gasteiger partial charge in [0.05, 0.1) is 12.8 Å². The molecule has 0 bridgehead atoms. The number of nitrogens with two attached hydrogens (primary N) is 1. The molecule has 1 rings (SSSR count). The van der Waals surface area contributed by atoms with Crippen LogP contribution in [0.25, 0.3) is 0 Å². The van der Waals surface area contributed by atoms with Crippen LogP contribution in [0.4, 0.5) is 10.5 Å².